The number of amides is 1. The Kier molecular flexibility index (Phi) is 6.03. The van der Waals surface area contributed by atoms with Crippen molar-refractivity contribution in [2.24, 2.45) is 0 Å². The van der Waals surface area contributed by atoms with Crippen LogP contribution in [0.4, 0.5) is 11.4 Å². The molecule has 1 atom stereocenters. The first-order valence-electron chi connectivity index (χ1n) is 10.5. The number of nitrogens with zero attached hydrogens (tertiary/aromatic N) is 1. The van der Waals surface area contributed by atoms with Crippen LogP contribution in [0.5, 0.6) is 11.5 Å². The van der Waals surface area contributed by atoms with Gasteiger partial charge in [-0.3, -0.25) is 9.10 Å². The van der Waals surface area contributed by atoms with E-state index in [0.29, 0.717) is 22.9 Å². The topological polar surface area (TPSA) is 84.9 Å². The van der Waals surface area contributed by atoms with Gasteiger partial charge in [-0.15, -0.1) is 0 Å². The van der Waals surface area contributed by atoms with Crippen LogP contribution < -0.4 is 19.1 Å². The number of carbonyl (C=O) groups excluding carboxylic acids is 1. The highest BCUT2D eigenvalue weighted by Gasteiger charge is 2.38. The average Bonchev–Trinajstić information content (AvgIpc) is 2.78. The molecule has 0 aromatic heterocycles. The Labute approximate surface area is 194 Å². The van der Waals surface area contributed by atoms with Crippen LogP contribution in [0.1, 0.15) is 16.7 Å². The van der Waals surface area contributed by atoms with Crippen molar-refractivity contribution in [2.75, 3.05) is 23.3 Å². The normalized spacial score (nSPS) is 15.4. The molecule has 0 bridgehead atoms. The SMILES string of the molecule is COc1ccc(C)cc1NC(=O)C1CN(S(=O)(=O)c2ccc(C)cc2)c2cc(C)ccc2O1. The standard InChI is InChI=1S/C25H26N2O5S/c1-16-5-9-19(10-6-16)33(29,30)27-15-24(32-23-12-8-18(3)14-21(23)27)25(28)26-20-13-17(2)7-11-22(20)31-4/h5-14,24H,15H2,1-4H3,(H,26,28). The molecule has 1 amide bonds. The maximum absolute atomic E-state index is 13.6. The van der Waals surface area contributed by atoms with E-state index in [1.807, 2.05) is 32.9 Å². The Morgan fingerprint density at radius 1 is 0.970 bits per heavy atom. The van der Waals surface area contributed by atoms with E-state index in [2.05, 4.69) is 5.32 Å². The average molecular weight is 467 g/mol. The van der Waals surface area contributed by atoms with E-state index in [0.717, 1.165) is 16.7 Å². The molecular formula is C25H26N2O5S. The number of hydrogen-bond donors (Lipinski definition) is 1. The molecule has 7 nitrogen and oxygen atoms in total. The summed E-state index contributed by atoms with van der Waals surface area (Å²) in [6.45, 7) is 5.51. The van der Waals surface area contributed by atoms with Crippen LogP contribution in [0.15, 0.2) is 65.6 Å². The fourth-order valence-electron chi connectivity index (χ4n) is 3.70. The van der Waals surface area contributed by atoms with Gasteiger partial charge in [0.1, 0.15) is 11.5 Å². The number of ether oxygens (including phenoxy) is 2. The Hall–Kier alpha value is -3.52. The van der Waals surface area contributed by atoms with Crippen LogP contribution in [0, 0.1) is 20.8 Å². The molecule has 33 heavy (non-hydrogen) atoms. The van der Waals surface area contributed by atoms with Gasteiger partial charge < -0.3 is 14.8 Å². The fourth-order valence-corrected chi connectivity index (χ4v) is 5.16. The molecule has 0 spiro atoms. The van der Waals surface area contributed by atoms with Crippen molar-refractivity contribution in [2.45, 2.75) is 31.8 Å². The van der Waals surface area contributed by atoms with Crippen molar-refractivity contribution in [3.63, 3.8) is 0 Å². The maximum atomic E-state index is 13.6. The molecule has 0 saturated heterocycles. The van der Waals surface area contributed by atoms with Crippen LogP contribution in [0.25, 0.3) is 0 Å². The molecule has 3 aromatic carbocycles. The fraction of sp³-hybridized carbons (Fsp3) is 0.240. The predicted octanol–water partition coefficient (Wildman–Crippen LogP) is 4.22. The summed E-state index contributed by atoms with van der Waals surface area (Å²) in [5.74, 6) is 0.373. The number of anilines is 2. The zero-order valence-electron chi connectivity index (χ0n) is 19.0. The van der Waals surface area contributed by atoms with Gasteiger partial charge in [-0.05, 0) is 68.3 Å². The summed E-state index contributed by atoms with van der Waals surface area (Å²) in [4.78, 5) is 13.3. The van der Waals surface area contributed by atoms with E-state index in [1.165, 1.54) is 11.4 Å². The van der Waals surface area contributed by atoms with Gasteiger partial charge in [0, 0.05) is 0 Å². The summed E-state index contributed by atoms with van der Waals surface area (Å²) in [7, 11) is -2.40. The van der Waals surface area contributed by atoms with Crippen LogP contribution >= 0.6 is 0 Å². The smallest absolute Gasteiger partial charge is 0.267 e. The number of carbonyl (C=O) groups is 1. The molecule has 0 saturated carbocycles. The quantitative estimate of drug-likeness (QED) is 0.609. The van der Waals surface area contributed by atoms with Crippen molar-refractivity contribution < 1.29 is 22.7 Å². The van der Waals surface area contributed by atoms with Gasteiger partial charge in [0.2, 0.25) is 0 Å². The summed E-state index contributed by atoms with van der Waals surface area (Å²) in [5, 5.41) is 2.82. The van der Waals surface area contributed by atoms with Gasteiger partial charge in [0.05, 0.1) is 29.9 Å². The number of benzene rings is 3. The highest BCUT2D eigenvalue weighted by atomic mass is 32.2. The van der Waals surface area contributed by atoms with Crippen molar-refractivity contribution >= 4 is 27.3 Å². The molecule has 0 radical (unpaired) electrons. The highest BCUT2D eigenvalue weighted by Crippen LogP contribution is 2.38. The van der Waals surface area contributed by atoms with Gasteiger partial charge in [0.15, 0.2) is 6.10 Å². The molecule has 1 N–H and O–H groups in total. The van der Waals surface area contributed by atoms with Gasteiger partial charge in [-0.25, -0.2) is 8.42 Å². The third-order valence-corrected chi connectivity index (χ3v) is 7.29. The third kappa shape index (κ3) is 4.52. The number of nitrogens with one attached hydrogen (secondary N) is 1. The second-order valence-corrected chi connectivity index (χ2v) is 9.98. The molecule has 0 fully saturated rings. The van der Waals surface area contributed by atoms with E-state index < -0.39 is 22.0 Å². The molecule has 3 aromatic rings. The Morgan fingerprint density at radius 2 is 1.61 bits per heavy atom. The number of hydrogen-bond acceptors (Lipinski definition) is 5. The number of rotatable bonds is 5. The van der Waals surface area contributed by atoms with Gasteiger partial charge >= 0.3 is 0 Å². The van der Waals surface area contributed by atoms with Crippen LogP contribution in [0.3, 0.4) is 0 Å². The number of aryl methyl sites for hydroxylation is 3. The zero-order valence-corrected chi connectivity index (χ0v) is 19.8. The number of fused-ring (bicyclic) bond motifs is 1. The maximum Gasteiger partial charge on any atom is 0.267 e. The van der Waals surface area contributed by atoms with E-state index >= 15 is 0 Å². The Bertz CT molecular complexity index is 1300. The van der Waals surface area contributed by atoms with E-state index in [9.17, 15) is 13.2 Å². The summed E-state index contributed by atoms with van der Waals surface area (Å²) in [6.07, 6.45) is -1.05. The molecular weight excluding hydrogens is 440 g/mol. The monoisotopic (exact) mass is 466 g/mol. The van der Waals surface area contributed by atoms with E-state index in [4.69, 9.17) is 9.47 Å². The minimum atomic E-state index is -3.92. The van der Waals surface area contributed by atoms with Crippen molar-refractivity contribution in [1.82, 2.24) is 0 Å². The summed E-state index contributed by atoms with van der Waals surface area (Å²) in [6, 6.07) is 17.3. The first-order valence-corrected chi connectivity index (χ1v) is 12.0. The minimum absolute atomic E-state index is 0.155. The molecule has 0 aliphatic carbocycles. The van der Waals surface area contributed by atoms with E-state index in [1.54, 1.807) is 48.5 Å². The van der Waals surface area contributed by atoms with Crippen molar-refractivity contribution in [3.05, 3.63) is 77.4 Å². The minimum Gasteiger partial charge on any atom is -0.495 e. The summed E-state index contributed by atoms with van der Waals surface area (Å²) < 4.78 is 39.7. The largest absolute Gasteiger partial charge is 0.495 e. The first kappa shape index (κ1) is 22.7. The first-order chi connectivity index (χ1) is 15.7. The second-order valence-electron chi connectivity index (χ2n) is 8.12. The highest BCUT2D eigenvalue weighted by molar-refractivity contribution is 7.92. The van der Waals surface area contributed by atoms with Gasteiger partial charge in [-0.2, -0.15) is 0 Å². The van der Waals surface area contributed by atoms with Crippen molar-refractivity contribution in [1.29, 1.82) is 0 Å². The van der Waals surface area contributed by atoms with Crippen LogP contribution in [-0.2, 0) is 14.8 Å². The van der Waals surface area contributed by atoms with Gasteiger partial charge in [0.25, 0.3) is 15.9 Å². The lowest BCUT2D eigenvalue weighted by molar-refractivity contribution is -0.122. The lowest BCUT2D eigenvalue weighted by atomic mass is 10.1. The van der Waals surface area contributed by atoms with Crippen molar-refractivity contribution in [3.8, 4) is 11.5 Å². The second kappa shape index (κ2) is 8.78. The van der Waals surface area contributed by atoms with Gasteiger partial charge in [-0.1, -0.05) is 29.8 Å². The Balaban J connectivity index is 1.70. The molecule has 172 valence electrons. The van der Waals surface area contributed by atoms with Crippen LogP contribution in [0.2, 0.25) is 0 Å². The molecule has 1 unspecified atom stereocenters. The van der Waals surface area contributed by atoms with E-state index in [-0.39, 0.29) is 11.4 Å². The molecule has 1 aliphatic rings. The Morgan fingerprint density at radius 3 is 2.30 bits per heavy atom. The molecule has 1 aliphatic heterocycles. The third-order valence-electron chi connectivity index (χ3n) is 5.50. The lowest BCUT2D eigenvalue weighted by Gasteiger charge is -2.35. The summed E-state index contributed by atoms with van der Waals surface area (Å²) >= 11 is 0. The zero-order chi connectivity index (χ0) is 23.8. The number of methoxy groups -OCH3 is 1. The summed E-state index contributed by atoms with van der Waals surface area (Å²) in [5.41, 5.74) is 3.69. The molecule has 1 heterocycles. The predicted molar refractivity (Wildman–Crippen MR) is 128 cm³/mol. The van der Waals surface area contributed by atoms with Crippen LogP contribution in [-0.4, -0.2) is 34.1 Å². The lowest BCUT2D eigenvalue weighted by Crippen LogP contribution is -2.48. The molecule has 4 rings (SSSR count). The number of sulfonamides is 1. The molecule has 8 heteroatoms.